The number of hydrazone groups is 1. The smallest absolute Gasteiger partial charge is 0.281 e. The van der Waals surface area contributed by atoms with Crippen LogP contribution >= 0.6 is 22.9 Å². The summed E-state index contributed by atoms with van der Waals surface area (Å²) < 4.78 is 11.1. The van der Waals surface area contributed by atoms with Crippen molar-refractivity contribution < 1.29 is 13.9 Å². The number of halogens is 1. The van der Waals surface area contributed by atoms with Gasteiger partial charge in [0.25, 0.3) is 5.91 Å². The fourth-order valence-electron chi connectivity index (χ4n) is 2.96. The molecule has 4 rings (SSSR count). The van der Waals surface area contributed by atoms with Gasteiger partial charge in [0, 0.05) is 11.3 Å². The number of rotatable bonds is 5. The zero-order valence-electron chi connectivity index (χ0n) is 14.6. The molecule has 3 heterocycles. The van der Waals surface area contributed by atoms with Crippen molar-refractivity contribution in [3.05, 3.63) is 75.3 Å². The molecule has 27 heavy (non-hydrogen) atoms. The summed E-state index contributed by atoms with van der Waals surface area (Å²) in [7, 11) is 0. The second kappa shape index (κ2) is 7.58. The molecule has 0 bridgehead atoms. The van der Waals surface area contributed by atoms with Gasteiger partial charge in [0.2, 0.25) is 0 Å². The van der Waals surface area contributed by atoms with Crippen molar-refractivity contribution in [3.63, 3.8) is 0 Å². The molecule has 3 aromatic rings. The van der Waals surface area contributed by atoms with Crippen LogP contribution in [0.2, 0.25) is 5.02 Å². The molecule has 0 saturated carbocycles. The molecule has 1 atom stereocenters. The van der Waals surface area contributed by atoms with Crippen LogP contribution < -0.4 is 4.74 Å². The highest BCUT2D eigenvalue weighted by molar-refractivity contribution is 7.10. The molecule has 1 aromatic carbocycles. The Kier molecular flexibility index (Phi) is 5.01. The Morgan fingerprint density at radius 1 is 1.37 bits per heavy atom. The molecule has 7 heteroatoms. The van der Waals surface area contributed by atoms with E-state index in [1.165, 1.54) is 5.01 Å². The zero-order valence-corrected chi connectivity index (χ0v) is 16.2. The van der Waals surface area contributed by atoms with Crippen molar-refractivity contribution in [2.45, 2.75) is 19.4 Å². The van der Waals surface area contributed by atoms with E-state index < -0.39 is 0 Å². The molecule has 0 saturated heterocycles. The summed E-state index contributed by atoms with van der Waals surface area (Å²) in [4.78, 5) is 13.9. The molecule has 1 unspecified atom stereocenters. The van der Waals surface area contributed by atoms with Crippen LogP contribution in [-0.4, -0.2) is 23.2 Å². The first-order valence-electron chi connectivity index (χ1n) is 8.47. The molecule has 1 amide bonds. The number of carbonyl (C=O) groups excluding carboxylic acids is 1. The Morgan fingerprint density at radius 2 is 2.26 bits per heavy atom. The van der Waals surface area contributed by atoms with Crippen LogP contribution in [0.3, 0.4) is 0 Å². The topological polar surface area (TPSA) is 55.0 Å². The minimum absolute atomic E-state index is 0.139. The summed E-state index contributed by atoms with van der Waals surface area (Å²) in [5, 5.41) is 8.48. The van der Waals surface area contributed by atoms with E-state index >= 15 is 0 Å². The van der Waals surface area contributed by atoms with Gasteiger partial charge in [0.1, 0.15) is 17.2 Å². The summed E-state index contributed by atoms with van der Waals surface area (Å²) in [5.74, 6) is 0.939. The van der Waals surface area contributed by atoms with Gasteiger partial charge in [-0.1, -0.05) is 23.7 Å². The SMILES string of the molecule is Cc1ccc(Cl)c(OCC(=O)N2N=C(c3ccco3)CC2c2cccs2)c1. The molecule has 0 radical (unpaired) electrons. The monoisotopic (exact) mass is 400 g/mol. The maximum atomic E-state index is 12.9. The predicted molar refractivity (Wildman–Crippen MR) is 105 cm³/mol. The highest BCUT2D eigenvalue weighted by Gasteiger charge is 2.34. The first-order chi connectivity index (χ1) is 13.1. The van der Waals surface area contributed by atoms with Crippen LogP contribution in [0.25, 0.3) is 0 Å². The summed E-state index contributed by atoms with van der Waals surface area (Å²) in [5.41, 5.74) is 1.76. The fourth-order valence-corrected chi connectivity index (χ4v) is 3.94. The maximum Gasteiger partial charge on any atom is 0.281 e. The molecule has 138 valence electrons. The highest BCUT2D eigenvalue weighted by Crippen LogP contribution is 2.35. The number of benzene rings is 1. The van der Waals surface area contributed by atoms with Gasteiger partial charge in [-0.15, -0.1) is 11.3 Å². The predicted octanol–water partition coefficient (Wildman–Crippen LogP) is 5.06. The largest absolute Gasteiger partial charge is 0.482 e. The van der Waals surface area contributed by atoms with Gasteiger partial charge in [0.15, 0.2) is 6.61 Å². The second-order valence-corrected chi connectivity index (χ2v) is 7.61. The van der Waals surface area contributed by atoms with Crippen LogP contribution in [0.5, 0.6) is 5.75 Å². The highest BCUT2D eigenvalue weighted by atomic mass is 35.5. The minimum atomic E-state index is -0.229. The molecule has 0 spiro atoms. The Hall–Kier alpha value is -2.57. The maximum absolute atomic E-state index is 12.9. The normalized spacial score (nSPS) is 16.4. The van der Waals surface area contributed by atoms with Gasteiger partial charge in [-0.25, -0.2) is 5.01 Å². The van der Waals surface area contributed by atoms with Gasteiger partial charge in [-0.3, -0.25) is 4.79 Å². The lowest BCUT2D eigenvalue weighted by Crippen LogP contribution is -2.31. The van der Waals surface area contributed by atoms with E-state index in [1.54, 1.807) is 23.7 Å². The number of carbonyl (C=O) groups is 1. The number of thiophene rings is 1. The fraction of sp³-hybridized carbons (Fsp3) is 0.200. The van der Waals surface area contributed by atoms with Crippen molar-refractivity contribution in [2.75, 3.05) is 6.61 Å². The van der Waals surface area contributed by atoms with E-state index in [1.807, 2.05) is 48.7 Å². The molecule has 0 fully saturated rings. The van der Waals surface area contributed by atoms with Gasteiger partial charge in [0.05, 0.1) is 17.3 Å². The van der Waals surface area contributed by atoms with E-state index in [-0.39, 0.29) is 18.6 Å². The first-order valence-corrected chi connectivity index (χ1v) is 9.73. The molecular formula is C20H17ClN2O3S. The average Bonchev–Trinajstić information content (AvgIpc) is 3.40. The van der Waals surface area contributed by atoms with Gasteiger partial charge in [-0.2, -0.15) is 5.10 Å². The van der Waals surface area contributed by atoms with Gasteiger partial charge < -0.3 is 9.15 Å². The summed E-state index contributed by atoms with van der Waals surface area (Å²) in [6.45, 7) is 1.80. The number of aryl methyl sites for hydroxylation is 1. The van der Waals surface area contributed by atoms with Crippen molar-refractivity contribution in [1.29, 1.82) is 0 Å². The molecule has 2 aromatic heterocycles. The molecule has 5 nitrogen and oxygen atoms in total. The third kappa shape index (κ3) is 3.77. The Morgan fingerprint density at radius 3 is 3.00 bits per heavy atom. The molecule has 1 aliphatic heterocycles. The minimum Gasteiger partial charge on any atom is -0.482 e. The van der Waals surface area contributed by atoms with Crippen LogP contribution in [-0.2, 0) is 4.79 Å². The Bertz CT molecular complexity index is 967. The van der Waals surface area contributed by atoms with Crippen molar-refractivity contribution in [2.24, 2.45) is 5.10 Å². The van der Waals surface area contributed by atoms with Crippen LogP contribution in [0.4, 0.5) is 0 Å². The van der Waals surface area contributed by atoms with Gasteiger partial charge >= 0.3 is 0 Å². The number of hydrogen-bond donors (Lipinski definition) is 0. The van der Waals surface area contributed by atoms with E-state index in [0.717, 1.165) is 16.2 Å². The van der Waals surface area contributed by atoms with Gasteiger partial charge in [-0.05, 0) is 48.2 Å². The molecular weight excluding hydrogens is 384 g/mol. The van der Waals surface area contributed by atoms with Crippen molar-refractivity contribution in [3.8, 4) is 5.75 Å². The van der Waals surface area contributed by atoms with E-state index in [4.69, 9.17) is 20.8 Å². The number of ether oxygens (including phenoxy) is 1. The van der Waals surface area contributed by atoms with Crippen LogP contribution in [0.15, 0.2) is 63.6 Å². The third-order valence-corrected chi connectivity index (χ3v) is 5.57. The van der Waals surface area contributed by atoms with E-state index in [9.17, 15) is 4.79 Å². The quantitative estimate of drug-likeness (QED) is 0.601. The summed E-state index contributed by atoms with van der Waals surface area (Å²) >= 11 is 7.75. The summed E-state index contributed by atoms with van der Waals surface area (Å²) in [6, 6.07) is 12.9. The lowest BCUT2D eigenvalue weighted by Gasteiger charge is -2.21. The van der Waals surface area contributed by atoms with Crippen molar-refractivity contribution in [1.82, 2.24) is 5.01 Å². The average molecular weight is 401 g/mol. The standard InChI is InChI=1S/C20H17ClN2O3S/c1-13-6-7-14(21)18(10-13)26-12-20(24)23-16(19-5-3-9-27-19)11-15(22-23)17-4-2-8-25-17/h2-10,16H,11-12H2,1H3. The number of hydrogen-bond acceptors (Lipinski definition) is 5. The lowest BCUT2D eigenvalue weighted by molar-refractivity contribution is -0.135. The number of nitrogens with zero attached hydrogens (tertiary/aromatic N) is 2. The van der Waals surface area contributed by atoms with E-state index in [0.29, 0.717) is 23.0 Å². The Balaban J connectivity index is 1.54. The van der Waals surface area contributed by atoms with Crippen LogP contribution in [0, 0.1) is 6.92 Å². The summed E-state index contributed by atoms with van der Waals surface area (Å²) in [6.07, 6.45) is 2.20. The Labute approximate surface area is 165 Å². The number of amides is 1. The lowest BCUT2D eigenvalue weighted by atomic mass is 10.1. The second-order valence-electron chi connectivity index (χ2n) is 6.22. The third-order valence-electron chi connectivity index (χ3n) is 4.28. The molecule has 1 aliphatic rings. The molecule has 0 N–H and O–H groups in total. The van der Waals surface area contributed by atoms with Crippen LogP contribution in [0.1, 0.15) is 28.7 Å². The number of furan rings is 1. The first kappa shape index (κ1) is 17.8. The zero-order chi connectivity index (χ0) is 18.8. The van der Waals surface area contributed by atoms with E-state index in [2.05, 4.69) is 5.10 Å². The van der Waals surface area contributed by atoms with Crippen molar-refractivity contribution >= 4 is 34.6 Å². The molecule has 0 aliphatic carbocycles.